The van der Waals surface area contributed by atoms with Crippen molar-refractivity contribution in [3.05, 3.63) is 42.2 Å². The average Bonchev–Trinajstić information content (AvgIpc) is 3.02. The van der Waals surface area contributed by atoms with Crippen molar-refractivity contribution in [3.8, 4) is 5.75 Å². The van der Waals surface area contributed by atoms with Gasteiger partial charge in [-0.25, -0.2) is 0 Å². The van der Waals surface area contributed by atoms with E-state index in [2.05, 4.69) is 10.4 Å². The van der Waals surface area contributed by atoms with Crippen molar-refractivity contribution in [1.82, 2.24) is 14.7 Å². The first kappa shape index (κ1) is 16.0. The molecule has 0 aliphatic carbocycles. The summed E-state index contributed by atoms with van der Waals surface area (Å²) in [6.45, 7) is 2.39. The average molecular weight is 330 g/mol. The molecule has 8 heteroatoms. The predicted molar refractivity (Wildman–Crippen MR) is 85.7 cm³/mol. The number of ether oxygens (including phenoxy) is 1. The predicted octanol–water partition coefficient (Wildman–Crippen LogP) is 0.700. The van der Waals surface area contributed by atoms with Gasteiger partial charge in [-0.2, -0.15) is 5.10 Å². The van der Waals surface area contributed by atoms with Crippen molar-refractivity contribution < 1.29 is 19.4 Å². The van der Waals surface area contributed by atoms with E-state index in [9.17, 15) is 14.7 Å². The van der Waals surface area contributed by atoms with Crippen LogP contribution in [0.3, 0.4) is 0 Å². The molecule has 1 aliphatic heterocycles. The molecule has 1 aromatic heterocycles. The molecule has 24 heavy (non-hydrogen) atoms. The Hall–Kier alpha value is -2.87. The topological polar surface area (TPSA) is 96.7 Å². The van der Waals surface area contributed by atoms with Gasteiger partial charge >= 0.3 is 0 Å². The molecule has 1 fully saturated rings. The van der Waals surface area contributed by atoms with E-state index in [1.54, 1.807) is 23.2 Å². The zero-order chi connectivity index (χ0) is 16.9. The van der Waals surface area contributed by atoms with E-state index in [1.807, 2.05) is 0 Å². The van der Waals surface area contributed by atoms with Crippen LogP contribution in [0.15, 0.2) is 36.7 Å². The quantitative estimate of drug-likeness (QED) is 0.860. The van der Waals surface area contributed by atoms with Gasteiger partial charge in [0.1, 0.15) is 12.3 Å². The van der Waals surface area contributed by atoms with Gasteiger partial charge in [0.05, 0.1) is 25.1 Å². The highest BCUT2D eigenvalue weighted by atomic mass is 16.5. The maximum Gasteiger partial charge on any atom is 0.255 e. The number of rotatable bonds is 4. The Morgan fingerprint density at radius 2 is 2.08 bits per heavy atom. The molecule has 3 rings (SSSR count). The molecule has 0 unspecified atom stereocenters. The molecule has 0 bridgehead atoms. The fourth-order valence-electron chi connectivity index (χ4n) is 2.42. The molecule has 1 aliphatic rings. The highest BCUT2D eigenvalue weighted by Gasteiger charge is 2.17. The molecule has 2 N–H and O–H groups in total. The van der Waals surface area contributed by atoms with E-state index in [0.717, 1.165) is 0 Å². The number of phenolic OH excluding ortho intramolecular Hbond substituents is 1. The van der Waals surface area contributed by atoms with Gasteiger partial charge in [0.2, 0.25) is 5.91 Å². The van der Waals surface area contributed by atoms with Gasteiger partial charge in [-0.15, -0.1) is 0 Å². The van der Waals surface area contributed by atoms with Crippen LogP contribution in [0.4, 0.5) is 5.69 Å². The summed E-state index contributed by atoms with van der Waals surface area (Å²) >= 11 is 0. The van der Waals surface area contributed by atoms with Crippen molar-refractivity contribution in [1.29, 1.82) is 0 Å². The second-order valence-corrected chi connectivity index (χ2v) is 5.42. The smallest absolute Gasteiger partial charge is 0.255 e. The molecule has 126 valence electrons. The largest absolute Gasteiger partial charge is 0.508 e. The van der Waals surface area contributed by atoms with Crippen molar-refractivity contribution in [2.24, 2.45) is 0 Å². The molecule has 2 aromatic rings. The molecular weight excluding hydrogens is 312 g/mol. The first-order valence-corrected chi connectivity index (χ1v) is 7.60. The van der Waals surface area contributed by atoms with Gasteiger partial charge in [0, 0.05) is 24.8 Å². The van der Waals surface area contributed by atoms with Crippen molar-refractivity contribution in [2.75, 3.05) is 31.6 Å². The number of aromatic hydroxyl groups is 1. The number of hydrogen-bond donors (Lipinski definition) is 2. The van der Waals surface area contributed by atoms with E-state index < -0.39 is 0 Å². The molecule has 0 radical (unpaired) electrons. The van der Waals surface area contributed by atoms with E-state index >= 15 is 0 Å². The summed E-state index contributed by atoms with van der Waals surface area (Å²) in [5.41, 5.74) is 0.824. The number of morpholine rings is 1. The Labute approximate surface area is 138 Å². The summed E-state index contributed by atoms with van der Waals surface area (Å²) < 4.78 is 6.70. The number of carbonyl (C=O) groups is 2. The SMILES string of the molecule is O=C(Nc1cnn(CC(=O)N2CCOCC2)c1)c1cccc(O)c1. The Morgan fingerprint density at radius 3 is 2.83 bits per heavy atom. The lowest BCUT2D eigenvalue weighted by Gasteiger charge is -2.26. The van der Waals surface area contributed by atoms with Crippen LogP contribution in [0.25, 0.3) is 0 Å². The summed E-state index contributed by atoms with van der Waals surface area (Å²) in [4.78, 5) is 26.0. The number of phenols is 1. The number of benzene rings is 1. The van der Waals surface area contributed by atoms with E-state index in [4.69, 9.17) is 4.74 Å². The first-order chi connectivity index (χ1) is 11.6. The minimum atomic E-state index is -0.357. The van der Waals surface area contributed by atoms with Crippen LogP contribution < -0.4 is 5.32 Å². The summed E-state index contributed by atoms with van der Waals surface area (Å²) in [6.07, 6.45) is 3.08. The Kier molecular flexibility index (Phi) is 4.76. The number of hydrogen-bond acceptors (Lipinski definition) is 5. The first-order valence-electron chi connectivity index (χ1n) is 7.60. The third-order valence-electron chi connectivity index (χ3n) is 3.66. The van der Waals surface area contributed by atoms with Gasteiger partial charge in [-0.05, 0) is 18.2 Å². The lowest BCUT2D eigenvalue weighted by molar-refractivity contribution is -0.136. The third kappa shape index (κ3) is 3.90. The molecule has 0 saturated carbocycles. The summed E-state index contributed by atoms with van der Waals surface area (Å²) in [5.74, 6) is -0.369. The van der Waals surface area contributed by atoms with Crippen molar-refractivity contribution in [2.45, 2.75) is 6.54 Å². The molecule has 0 atom stereocenters. The summed E-state index contributed by atoms with van der Waals surface area (Å²) in [6, 6.07) is 6.06. The molecular formula is C16H18N4O4. The lowest BCUT2D eigenvalue weighted by Crippen LogP contribution is -2.42. The second kappa shape index (κ2) is 7.14. The van der Waals surface area contributed by atoms with Gasteiger partial charge < -0.3 is 20.1 Å². The maximum atomic E-state index is 12.2. The molecule has 1 aromatic carbocycles. The van der Waals surface area contributed by atoms with E-state index in [-0.39, 0.29) is 24.1 Å². The third-order valence-corrected chi connectivity index (χ3v) is 3.66. The zero-order valence-corrected chi connectivity index (χ0v) is 13.0. The Morgan fingerprint density at radius 1 is 1.29 bits per heavy atom. The van der Waals surface area contributed by atoms with Gasteiger partial charge in [-0.1, -0.05) is 6.07 Å². The molecule has 0 spiro atoms. The van der Waals surface area contributed by atoms with Crippen LogP contribution >= 0.6 is 0 Å². The van der Waals surface area contributed by atoms with E-state index in [0.29, 0.717) is 37.6 Å². The number of aromatic nitrogens is 2. The van der Waals surface area contributed by atoms with Crippen molar-refractivity contribution >= 4 is 17.5 Å². The standard InChI is InChI=1S/C16H18N4O4/c21-14-3-1-2-12(8-14)16(23)18-13-9-17-20(10-13)11-15(22)19-4-6-24-7-5-19/h1-3,8-10,21H,4-7,11H2,(H,18,23). The van der Waals surface area contributed by atoms with Crippen molar-refractivity contribution in [3.63, 3.8) is 0 Å². The second-order valence-electron chi connectivity index (χ2n) is 5.42. The molecule has 1 saturated heterocycles. The zero-order valence-electron chi connectivity index (χ0n) is 13.0. The molecule has 2 heterocycles. The van der Waals surface area contributed by atoms with Gasteiger partial charge in [-0.3, -0.25) is 14.3 Å². The number of carbonyl (C=O) groups excluding carboxylic acids is 2. The maximum absolute atomic E-state index is 12.2. The number of amides is 2. The lowest BCUT2D eigenvalue weighted by atomic mass is 10.2. The van der Waals surface area contributed by atoms with Crippen LogP contribution in [0.1, 0.15) is 10.4 Å². The van der Waals surface area contributed by atoms with Gasteiger partial charge in [0.15, 0.2) is 0 Å². The van der Waals surface area contributed by atoms with Crippen LogP contribution in [0, 0.1) is 0 Å². The molecule has 2 amide bonds. The number of nitrogens with zero attached hydrogens (tertiary/aromatic N) is 3. The normalized spacial score (nSPS) is 14.4. The minimum Gasteiger partial charge on any atom is -0.508 e. The van der Waals surface area contributed by atoms with Crippen LogP contribution in [-0.4, -0.2) is 57.9 Å². The number of nitrogens with one attached hydrogen (secondary N) is 1. The van der Waals surface area contributed by atoms with Crippen LogP contribution in [-0.2, 0) is 16.1 Å². The number of anilines is 1. The highest BCUT2D eigenvalue weighted by molar-refractivity contribution is 6.04. The monoisotopic (exact) mass is 330 g/mol. The summed E-state index contributed by atoms with van der Waals surface area (Å²) in [7, 11) is 0. The van der Waals surface area contributed by atoms with E-state index in [1.165, 1.54) is 23.0 Å². The highest BCUT2D eigenvalue weighted by Crippen LogP contribution is 2.13. The molecule has 8 nitrogen and oxygen atoms in total. The van der Waals surface area contributed by atoms with Gasteiger partial charge in [0.25, 0.3) is 5.91 Å². The minimum absolute atomic E-state index is 0.0226. The summed E-state index contributed by atoms with van der Waals surface area (Å²) in [5, 5.41) is 16.2. The fraction of sp³-hybridized carbons (Fsp3) is 0.312. The Balaban J connectivity index is 1.59. The fourth-order valence-corrected chi connectivity index (χ4v) is 2.42. The Bertz CT molecular complexity index is 737. The van der Waals surface area contributed by atoms with Crippen LogP contribution in [0.5, 0.6) is 5.75 Å². The van der Waals surface area contributed by atoms with Crippen LogP contribution in [0.2, 0.25) is 0 Å².